The van der Waals surface area contributed by atoms with Crippen LogP contribution in [-0.2, 0) is 9.59 Å². The van der Waals surface area contributed by atoms with Gasteiger partial charge in [0.1, 0.15) is 5.82 Å². The molecule has 1 atom stereocenters. The van der Waals surface area contributed by atoms with Crippen molar-refractivity contribution in [1.82, 2.24) is 4.90 Å². The van der Waals surface area contributed by atoms with Gasteiger partial charge in [-0.15, -0.1) is 0 Å². The maximum absolute atomic E-state index is 13.2. The van der Waals surface area contributed by atoms with E-state index in [-0.39, 0.29) is 36.4 Å². The molecule has 0 aliphatic carbocycles. The van der Waals surface area contributed by atoms with Crippen LogP contribution in [0.4, 0.5) is 10.1 Å². The van der Waals surface area contributed by atoms with Gasteiger partial charge in [0, 0.05) is 24.6 Å². The number of amides is 2. The van der Waals surface area contributed by atoms with E-state index in [0.29, 0.717) is 18.0 Å². The lowest BCUT2D eigenvalue weighted by molar-refractivity contribution is -0.131. The molecule has 0 saturated carbocycles. The summed E-state index contributed by atoms with van der Waals surface area (Å²) in [5, 5.41) is 12.5. The largest absolute Gasteiger partial charge is 0.504 e. The van der Waals surface area contributed by atoms with E-state index in [9.17, 15) is 19.1 Å². The Hall–Kier alpha value is -3.09. The van der Waals surface area contributed by atoms with Gasteiger partial charge in [-0.3, -0.25) is 9.59 Å². The summed E-state index contributed by atoms with van der Waals surface area (Å²) in [5.41, 5.74) is 1.16. The minimum Gasteiger partial charge on any atom is -0.504 e. The SMILES string of the molecule is COc1ccc([C@@H]2CC(=O)N(CC(=O)Nc3cccc(F)c3)C2)cc1O. The Bertz CT molecular complexity index is 840. The molecule has 0 aromatic heterocycles. The summed E-state index contributed by atoms with van der Waals surface area (Å²) in [7, 11) is 1.47. The Balaban J connectivity index is 1.62. The second-order valence-electron chi connectivity index (χ2n) is 6.17. The summed E-state index contributed by atoms with van der Waals surface area (Å²) in [4.78, 5) is 25.8. The number of rotatable bonds is 5. The number of aromatic hydroxyl groups is 1. The zero-order chi connectivity index (χ0) is 18.7. The van der Waals surface area contributed by atoms with Gasteiger partial charge in [0.25, 0.3) is 0 Å². The number of nitrogens with one attached hydrogen (secondary N) is 1. The molecular formula is C19H19FN2O4. The van der Waals surface area contributed by atoms with Crippen LogP contribution in [0, 0.1) is 5.82 Å². The van der Waals surface area contributed by atoms with Crippen molar-refractivity contribution < 1.29 is 23.8 Å². The number of anilines is 1. The number of nitrogens with zero attached hydrogens (tertiary/aromatic N) is 1. The Morgan fingerprint density at radius 3 is 2.85 bits per heavy atom. The van der Waals surface area contributed by atoms with E-state index in [1.165, 1.54) is 30.2 Å². The average Bonchev–Trinajstić information content (AvgIpc) is 2.95. The zero-order valence-corrected chi connectivity index (χ0v) is 14.2. The molecular weight excluding hydrogens is 339 g/mol. The predicted octanol–water partition coefficient (Wildman–Crippen LogP) is 2.49. The fraction of sp³-hybridized carbons (Fsp3) is 0.263. The second-order valence-corrected chi connectivity index (χ2v) is 6.17. The smallest absolute Gasteiger partial charge is 0.243 e. The normalized spacial score (nSPS) is 16.6. The quantitative estimate of drug-likeness (QED) is 0.861. The average molecular weight is 358 g/mol. The van der Waals surface area contributed by atoms with E-state index in [0.717, 1.165) is 5.56 Å². The van der Waals surface area contributed by atoms with Gasteiger partial charge < -0.3 is 20.1 Å². The number of halogens is 1. The van der Waals surface area contributed by atoms with Gasteiger partial charge in [-0.2, -0.15) is 0 Å². The molecule has 136 valence electrons. The predicted molar refractivity (Wildman–Crippen MR) is 93.6 cm³/mol. The first-order chi connectivity index (χ1) is 12.5. The zero-order valence-electron chi connectivity index (χ0n) is 14.2. The van der Waals surface area contributed by atoms with E-state index in [2.05, 4.69) is 5.32 Å². The molecule has 0 spiro atoms. The molecule has 1 fully saturated rings. The molecule has 2 amide bonds. The highest BCUT2D eigenvalue weighted by Crippen LogP contribution is 2.34. The van der Waals surface area contributed by atoms with Gasteiger partial charge in [-0.25, -0.2) is 4.39 Å². The second kappa shape index (κ2) is 7.43. The van der Waals surface area contributed by atoms with Gasteiger partial charge in [0.05, 0.1) is 13.7 Å². The third-order valence-electron chi connectivity index (χ3n) is 4.33. The number of methoxy groups -OCH3 is 1. The highest BCUT2D eigenvalue weighted by atomic mass is 19.1. The van der Waals surface area contributed by atoms with Crippen molar-refractivity contribution in [2.75, 3.05) is 25.5 Å². The van der Waals surface area contributed by atoms with Crippen LogP contribution in [0.5, 0.6) is 11.5 Å². The molecule has 3 rings (SSSR count). The number of hydrogen-bond acceptors (Lipinski definition) is 4. The first-order valence-corrected chi connectivity index (χ1v) is 8.16. The number of benzene rings is 2. The lowest BCUT2D eigenvalue weighted by Crippen LogP contribution is -2.34. The minimum atomic E-state index is -0.445. The first kappa shape index (κ1) is 17.7. The third-order valence-corrected chi connectivity index (χ3v) is 4.33. The Labute approximate surface area is 150 Å². The summed E-state index contributed by atoms with van der Waals surface area (Å²) < 4.78 is 18.2. The molecule has 1 heterocycles. The molecule has 2 N–H and O–H groups in total. The highest BCUT2D eigenvalue weighted by Gasteiger charge is 2.32. The van der Waals surface area contributed by atoms with Crippen LogP contribution in [0.3, 0.4) is 0 Å². The van der Waals surface area contributed by atoms with Crippen molar-refractivity contribution in [2.45, 2.75) is 12.3 Å². The number of phenols is 1. The number of carbonyl (C=O) groups excluding carboxylic acids is 2. The van der Waals surface area contributed by atoms with Crippen LogP contribution in [0.15, 0.2) is 42.5 Å². The number of ether oxygens (including phenoxy) is 1. The van der Waals surface area contributed by atoms with Gasteiger partial charge in [0.2, 0.25) is 11.8 Å². The minimum absolute atomic E-state index is 0.0137. The van der Waals surface area contributed by atoms with Crippen molar-refractivity contribution in [3.05, 3.63) is 53.8 Å². The van der Waals surface area contributed by atoms with Crippen LogP contribution >= 0.6 is 0 Å². The van der Waals surface area contributed by atoms with Crippen molar-refractivity contribution in [1.29, 1.82) is 0 Å². The van der Waals surface area contributed by atoms with E-state index >= 15 is 0 Å². The van der Waals surface area contributed by atoms with Gasteiger partial charge in [0.15, 0.2) is 11.5 Å². The van der Waals surface area contributed by atoms with Crippen LogP contribution in [0.2, 0.25) is 0 Å². The van der Waals surface area contributed by atoms with Gasteiger partial charge in [-0.1, -0.05) is 12.1 Å². The monoisotopic (exact) mass is 358 g/mol. The standard InChI is InChI=1S/C19H19FN2O4/c1-26-17-6-5-12(7-16(17)23)13-8-19(25)22(10-13)11-18(24)21-15-4-2-3-14(20)9-15/h2-7,9,13,23H,8,10-11H2,1H3,(H,21,24)/t13-/m1/s1. The molecule has 1 aliphatic heterocycles. The summed E-state index contributed by atoms with van der Waals surface area (Å²) in [6.45, 7) is 0.273. The van der Waals surface area contributed by atoms with Crippen molar-refractivity contribution >= 4 is 17.5 Å². The summed E-state index contributed by atoms with van der Waals surface area (Å²) in [6.07, 6.45) is 0.263. The Morgan fingerprint density at radius 1 is 1.35 bits per heavy atom. The molecule has 1 aliphatic rings. The van der Waals surface area contributed by atoms with Crippen LogP contribution < -0.4 is 10.1 Å². The highest BCUT2D eigenvalue weighted by molar-refractivity contribution is 5.95. The molecule has 2 aromatic rings. The number of carbonyl (C=O) groups is 2. The maximum Gasteiger partial charge on any atom is 0.243 e. The third kappa shape index (κ3) is 3.93. The lowest BCUT2D eigenvalue weighted by atomic mass is 9.98. The molecule has 0 bridgehead atoms. The number of likely N-dealkylation sites (tertiary alicyclic amines) is 1. The topological polar surface area (TPSA) is 78.9 Å². The fourth-order valence-electron chi connectivity index (χ4n) is 3.05. The molecule has 0 unspecified atom stereocenters. The van der Waals surface area contributed by atoms with E-state index in [1.54, 1.807) is 24.3 Å². The van der Waals surface area contributed by atoms with Gasteiger partial charge in [-0.05, 0) is 35.9 Å². The maximum atomic E-state index is 13.2. The van der Waals surface area contributed by atoms with Gasteiger partial charge >= 0.3 is 0 Å². The first-order valence-electron chi connectivity index (χ1n) is 8.16. The number of hydrogen-bond donors (Lipinski definition) is 2. The van der Waals surface area contributed by atoms with E-state index in [4.69, 9.17) is 4.74 Å². The van der Waals surface area contributed by atoms with Crippen molar-refractivity contribution in [3.63, 3.8) is 0 Å². The van der Waals surface area contributed by atoms with Crippen molar-refractivity contribution in [3.8, 4) is 11.5 Å². The van der Waals surface area contributed by atoms with Crippen LogP contribution in [0.1, 0.15) is 17.9 Å². The summed E-state index contributed by atoms with van der Waals surface area (Å²) in [5.74, 6) is -0.702. The molecule has 1 saturated heterocycles. The van der Waals surface area contributed by atoms with Crippen LogP contribution in [-0.4, -0.2) is 42.0 Å². The van der Waals surface area contributed by atoms with E-state index in [1.807, 2.05) is 0 Å². The molecule has 7 heteroatoms. The molecule has 0 radical (unpaired) electrons. The number of phenolic OH excluding ortho intramolecular Hbond substituents is 1. The molecule has 26 heavy (non-hydrogen) atoms. The molecule has 2 aromatic carbocycles. The Morgan fingerprint density at radius 2 is 2.15 bits per heavy atom. The summed E-state index contributed by atoms with van der Waals surface area (Å²) in [6, 6.07) is 10.6. The summed E-state index contributed by atoms with van der Waals surface area (Å²) >= 11 is 0. The molecule has 6 nitrogen and oxygen atoms in total. The van der Waals surface area contributed by atoms with E-state index < -0.39 is 5.82 Å². The Kier molecular flexibility index (Phi) is 5.06. The van der Waals surface area contributed by atoms with Crippen molar-refractivity contribution in [2.24, 2.45) is 0 Å². The fourth-order valence-corrected chi connectivity index (χ4v) is 3.05. The lowest BCUT2D eigenvalue weighted by Gasteiger charge is -2.17. The van der Waals surface area contributed by atoms with Crippen LogP contribution in [0.25, 0.3) is 0 Å².